The van der Waals surface area contributed by atoms with Crippen molar-refractivity contribution in [3.63, 3.8) is 0 Å². The Kier molecular flexibility index (Phi) is 4.29. The number of rotatable bonds is 3. The monoisotopic (exact) mass is 332 g/mol. The summed E-state index contributed by atoms with van der Waals surface area (Å²) in [6.45, 7) is 10.7. The Morgan fingerprint density at radius 3 is 2.67 bits per heavy atom. The fourth-order valence-corrected chi connectivity index (χ4v) is 3.29. The van der Waals surface area contributed by atoms with Crippen molar-refractivity contribution >= 4 is 0 Å². The van der Waals surface area contributed by atoms with Gasteiger partial charge in [-0.25, -0.2) is 4.98 Å². The number of hydrogen-bond acceptors (Lipinski definition) is 6. The molecule has 1 saturated heterocycles. The fourth-order valence-electron chi connectivity index (χ4n) is 3.29. The maximum atomic E-state index is 12.1. The lowest BCUT2D eigenvalue weighted by Crippen LogP contribution is -2.30. The minimum atomic E-state index is -0.156. The summed E-state index contributed by atoms with van der Waals surface area (Å²) in [5.74, 6) is 1.73. The van der Waals surface area contributed by atoms with Crippen LogP contribution < -0.4 is 5.56 Å². The third-order valence-electron chi connectivity index (χ3n) is 4.41. The Balaban J connectivity index is 1.83. The summed E-state index contributed by atoms with van der Waals surface area (Å²) >= 11 is 0. The minimum Gasteiger partial charge on any atom is -0.425 e. The molecule has 0 aliphatic carbocycles. The van der Waals surface area contributed by atoms with E-state index in [9.17, 15) is 4.79 Å². The molecule has 0 radical (unpaired) electrons. The van der Waals surface area contributed by atoms with Gasteiger partial charge in [-0.05, 0) is 25.7 Å². The summed E-state index contributed by atoms with van der Waals surface area (Å²) in [6, 6.07) is 0. The minimum absolute atomic E-state index is 0.00438. The predicted octanol–water partition coefficient (Wildman–Crippen LogP) is 2.28. The van der Waals surface area contributed by atoms with Gasteiger partial charge in [0.15, 0.2) is 0 Å². The number of aromatic amines is 1. The molecule has 0 saturated carbocycles. The molecule has 2 aromatic heterocycles. The van der Waals surface area contributed by atoms with E-state index in [0.717, 1.165) is 6.42 Å². The lowest BCUT2D eigenvalue weighted by Gasteiger charge is -2.29. The Hall–Kier alpha value is -2.02. The first-order valence-electron chi connectivity index (χ1n) is 8.26. The maximum absolute atomic E-state index is 12.1. The Morgan fingerprint density at radius 1 is 1.25 bits per heavy atom. The Morgan fingerprint density at radius 2 is 2.00 bits per heavy atom. The van der Waals surface area contributed by atoms with Crippen LogP contribution in [0.25, 0.3) is 0 Å². The van der Waals surface area contributed by atoms with Crippen molar-refractivity contribution in [3.8, 4) is 0 Å². The topological polar surface area (TPSA) is 93.9 Å². The molecule has 0 spiro atoms. The van der Waals surface area contributed by atoms with Gasteiger partial charge in [0, 0.05) is 17.9 Å². The normalized spacial score (nSPS) is 21.4. The van der Waals surface area contributed by atoms with Crippen LogP contribution in [0.5, 0.6) is 0 Å². The average Bonchev–Trinajstić information content (AvgIpc) is 3.10. The van der Waals surface area contributed by atoms with Gasteiger partial charge >= 0.3 is 0 Å². The highest BCUT2D eigenvalue weighted by Crippen LogP contribution is 2.40. The van der Waals surface area contributed by atoms with E-state index in [0.29, 0.717) is 35.5 Å². The van der Waals surface area contributed by atoms with E-state index < -0.39 is 0 Å². The van der Waals surface area contributed by atoms with Crippen molar-refractivity contribution in [1.82, 2.24) is 20.2 Å². The zero-order chi connectivity index (χ0) is 17.5. The molecule has 0 unspecified atom stereocenters. The van der Waals surface area contributed by atoms with Crippen molar-refractivity contribution in [1.29, 1.82) is 0 Å². The van der Waals surface area contributed by atoms with Crippen molar-refractivity contribution in [2.45, 2.75) is 59.5 Å². The standard InChI is InChI=1S/C17H24N4O3/c1-9-12(15(22)19-10(2)18-9)8-13-20-21-16(24-13)11-6-7-23-14(11)17(3,4)5/h11,14H,6-8H2,1-5H3,(H,18,19,22)/t11-,14-/m0/s1. The van der Waals surface area contributed by atoms with Crippen LogP contribution in [0, 0.1) is 19.3 Å². The summed E-state index contributed by atoms with van der Waals surface area (Å²) in [4.78, 5) is 19.1. The van der Waals surface area contributed by atoms with Crippen LogP contribution in [0.1, 0.15) is 62.0 Å². The summed E-state index contributed by atoms with van der Waals surface area (Å²) in [5, 5.41) is 8.33. The third-order valence-corrected chi connectivity index (χ3v) is 4.41. The molecular weight excluding hydrogens is 308 g/mol. The molecular formula is C17H24N4O3. The molecule has 7 heteroatoms. The second kappa shape index (κ2) is 6.12. The van der Waals surface area contributed by atoms with Crippen molar-refractivity contribution in [2.24, 2.45) is 5.41 Å². The van der Waals surface area contributed by atoms with Gasteiger partial charge in [-0.2, -0.15) is 0 Å². The molecule has 3 heterocycles. The van der Waals surface area contributed by atoms with Crippen LogP contribution in [0.15, 0.2) is 9.21 Å². The molecule has 2 atom stereocenters. The number of ether oxygens (including phenoxy) is 1. The molecule has 1 N–H and O–H groups in total. The van der Waals surface area contributed by atoms with Gasteiger partial charge in [-0.15, -0.1) is 10.2 Å². The van der Waals surface area contributed by atoms with Crippen LogP contribution in [0.2, 0.25) is 0 Å². The van der Waals surface area contributed by atoms with Crippen LogP contribution >= 0.6 is 0 Å². The molecule has 1 fully saturated rings. The van der Waals surface area contributed by atoms with Crippen LogP contribution in [-0.4, -0.2) is 32.9 Å². The van der Waals surface area contributed by atoms with E-state index in [-0.39, 0.29) is 29.4 Å². The molecule has 0 bridgehead atoms. The first kappa shape index (κ1) is 16.8. The number of hydrogen-bond donors (Lipinski definition) is 1. The predicted molar refractivity (Wildman–Crippen MR) is 88.0 cm³/mol. The first-order chi connectivity index (χ1) is 11.3. The van der Waals surface area contributed by atoms with E-state index >= 15 is 0 Å². The number of nitrogens with one attached hydrogen (secondary N) is 1. The SMILES string of the molecule is Cc1nc(C)c(Cc2nnc([C@H]3CCO[C@@H]3C(C)(C)C)o2)c(=O)[nH]1. The zero-order valence-corrected chi connectivity index (χ0v) is 14.8. The van der Waals surface area contributed by atoms with E-state index in [1.54, 1.807) is 6.92 Å². The summed E-state index contributed by atoms with van der Waals surface area (Å²) < 4.78 is 11.7. The number of aryl methyl sites for hydroxylation is 2. The van der Waals surface area contributed by atoms with E-state index in [1.807, 2.05) is 6.92 Å². The van der Waals surface area contributed by atoms with Crippen molar-refractivity contribution in [3.05, 3.63) is 39.2 Å². The van der Waals surface area contributed by atoms with Crippen molar-refractivity contribution < 1.29 is 9.15 Å². The van der Waals surface area contributed by atoms with Crippen molar-refractivity contribution in [2.75, 3.05) is 6.61 Å². The fraction of sp³-hybridized carbons (Fsp3) is 0.647. The lowest BCUT2D eigenvalue weighted by molar-refractivity contribution is 0.0170. The van der Waals surface area contributed by atoms with Gasteiger partial charge in [-0.3, -0.25) is 4.79 Å². The second-order valence-electron chi connectivity index (χ2n) is 7.48. The summed E-state index contributed by atoms with van der Waals surface area (Å²) in [7, 11) is 0. The average molecular weight is 332 g/mol. The van der Waals surface area contributed by atoms with Gasteiger partial charge in [0.25, 0.3) is 5.56 Å². The van der Waals surface area contributed by atoms with Gasteiger partial charge < -0.3 is 14.1 Å². The molecule has 0 amide bonds. The first-order valence-corrected chi connectivity index (χ1v) is 8.26. The van der Waals surface area contributed by atoms with Crippen LogP contribution in [0.4, 0.5) is 0 Å². The number of aromatic nitrogens is 4. The van der Waals surface area contributed by atoms with E-state index in [1.165, 1.54) is 0 Å². The molecule has 24 heavy (non-hydrogen) atoms. The Bertz CT molecular complexity index is 788. The summed E-state index contributed by atoms with van der Waals surface area (Å²) in [6.07, 6.45) is 1.21. The third kappa shape index (κ3) is 3.26. The quantitative estimate of drug-likeness (QED) is 0.926. The molecule has 130 valence electrons. The number of nitrogens with zero attached hydrogens (tertiary/aromatic N) is 3. The Labute approximate surface area is 140 Å². The summed E-state index contributed by atoms with van der Waals surface area (Å²) in [5.41, 5.74) is 1.10. The smallest absolute Gasteiger partial charge is 0.254 e. The van der Waals surface area contributed by atoms with Gasteiger partial charge in [0.05, 0.1) is 18.4 Å². The molecule has 1 aliphatic heterocycles. The maximum Gasteiger partial charge on any atom is 0.254 e. The highest BCUT2D eigenvalue weighted by atomic mass is 16.5. The van der Waals surface area contributed by atoms with Crippen LogP contribution in [-0.2, 0) is 11.2 Å². The van der Waals surface area contributed by atoms with E-state index in [2.05, 4.69) is 40.9 Å². The molecule has 1 aliphatic rings. The molecule has 0 aromatic carbocycles. The lowest BCUT2D eigenvalue weighted by atomic mass is 9.81. The van der Waals surface area contributed by atoms with Gasteiger partial charge in [0.1, 0.15) is 5.82 Å². The highest BCUT2D eigenvalue weighted by Gasteiger charge is 2.41. The van der Waals surface area contributed by atoms with Crippen LogP contribution in [0.3, 0.4) is 0 Å². The zero-order valence-electron chi connectivity index (χ0n) is 14.8. The molecule has 7 nitrogen and oxygen atoms in total. The molecule has 3 rings (SSSR count). The van der Waals surface area contributed by atoms with Gasteiger partial charge in [-0.1, -0.05) is 20.8 Å². The van der Waals surface area contributed by atoms with E-state index in [4.69, 9.17) is 9.15 Å². The van der Waals surface area contributed by atoms with Gasteiger partial charge in [0.2, 0.25) is 11.8 Å². The number of H-pyrrole nitrogens is 1. The molecule has 2 aromatic rings. The second-order valence-corrected chi connectivity index (χ2v) is 7.48. The highest BCUT2D eigenvalue weighted by molar-refractivity contribution is 5.19. The largest absolute Gasteiger partial charge is 0.425 e.